The molecule has 1 saturated heterocycles. The van der Waals surface area contributed by atoms with Crippen molar-refractivity contribution in [2.24, 2.45) is 5.92 Å². The van der Waals surface area contributed by atoms with E-state index in [0.717, 1.165) is 11.1 Å². The van der Waals surface area contributed by atoms with Crippen LogP contribution in [0.4, 0.5) is 0 Å². The van der Waals surface area contributed by atoms with Crippen LogP contribution in [-0.4, -0.2) is 49.2 Å². The lowest BCUT2D eigenvalue weighted by Gasteiger charge is -2.17. The first-order valence-corrected chi connectivity index (χ1v) is 9.29. The van der Waals surface area contributed by atoms with E-state index >= 15 is 0 Å². The molecule has 1 N–H and O–H groups in total. The second-order valence-corrected chi connectivity index (χ2v) is 6.98. The van der Waals surface area contributed by atoms with Crippen LogP contribution >= 0.6 is 0 Å². The van der Waals surface area contributed by atoms with Crippen LogP contribution in [0.2, 0.25) is 0 Å². The fourth-order valence-electron chi connectivity index (χ4n) is 3.72. The predicted molar refractivity (Wildman–Crippen MR) is 105 cm³/mol. The van der Waals surface area contributed by atoms with Gasteiger partial charge in [0, 0.05) is 31.5 Å². The number of hydrogen-bond acceptors (Lipinski definition) is 4. The van der Waals surface area contributed by atoms with Gasteiger partial charge in [-0.2, -0.15) is 0 Å². The summed E-state index contributed by atoms with van der Waals surface area (Å²) in [5, 5.41) is 9.60. The van der Waals surface area contributed by atoms with Crippen molar-refractivity contribution in [2.75, 3.05) is 27.3 Å². The summed E-state index contributed by atoms with van der Waals surface area (Å²) >= 11 is 0. The molecule has 2 unspecified atom stereocenters. The summed E-state index contributed by atoms with van der Waals surface area (Å²) in [4.78, 5) is 26.1. The third-order valence-electron chi connectivity index (χ3n) is 5.26. The molecule has 3 rings (SSSR count). The average molecular weight is 383 g/mol. The van der Waals surface area contributed by atoms with Gasteiger partial charge in [0.25, 0.3) is 0 Å². The highest BCUT2D eigenvalue weighted by Crippen LogP contribution is 2.33. The summed E-state index contributed by atoms with van der Waals surface area (Å²) in [5.74, 6) is -0.299. The molecule has 0 spiro atoms. The summed E-state index contributed by atoms with van der Waals surface area (Å²) in [6, 6.07) is 15.1. The lowest BCUT2D eigenvalue weighted by Crippen LogP contribution is -2.30. The molecule has 28 heavy (non-hydrogen) atoms. The van der Waals surface area contributed by atoms with Crippen LogP contribution in [0.5, 0.6) is 11.5 Å². The van der Waals surface area contributed by atoms with Crippen LogP contribution in [0.1, 0.15) is 23.5 Å². The second kappa shape index (κ2) is 8.78. The number of ether oxygens (including phenoxy) is 2. The normalized spacial score (nSPS) is 18.7. The van der Waals surface area contributed by atoms with E-state index in [2.05, 4.69) is 0 Å². The lowest BCUT2D eigenvalue weighted by molar-refractivity contribution is -0.141. The van der Waals surface area contributed by atoms with Crippen molar-refractivity contribution in [1.82, 2.24) is 4.90 Å². The fraction of sp³-hybridized carbons (Fsp3) is 0.364. The standard InChI is InChI=1S/C22H25NO5/c1-27-17-10-15(11-18(12-17)28-2)8-9-21(24)23-13-19(20(14-23)22(25)26)16-6-4-3-5-7-16/h3-7,10-12,19-20H,8-9,13-14H2,1-2H3,(H,25,26). The molecule has 0 aromatic heterocycles. The lowest BCUT2D eigenvalue weighted by atomic mass is 9.89. The Hall–Kier alpha value is -3.02. The van der Waals surface area contributed by atoms with Crippen LogP contribution in [0, 0.1) is 5.92 Å². The van der Waals surface area contributed by atoms with Crippen molar-refractivity contribution in [2.45, 2.75) is 18.8 Å². The van der Waals surface area contributed by atoms with E-state index in [1.54, 1.807) is 25.2 Å². The Labute approximate surface area is 164 Å². The minimum Gasteiger partial charge on any atom is -0.497 e. The average Bonchev–Trinajstić information content (AvgIpc) is 3.18. The largest absolute Gasteiger partial charge is 0.497 e. The van der Waals surface area contributed by atoms with E-state index in [4.69, 9.17) is 9.47 Å². The summed E-state index contributed by atoms with van der Waals surface area (Å²) in [7, 11) is 3.17. The summed E-state index contributed by atoms with van der Waals surface area (Å²) < 4.78 is 10.5. The van der Waals surface area contributed by atoms with E-state index in [-0.39, 0.29) is 18.4 Å². The fourth-order valence-corrected chi connectivity index (χ4v) is 3.72. The molecule has 148 valence electrons. The van der Waals surface area contributed by atoms with E-state index in [0.29, 0.717) is 30.9 Å². The summed E-state index contributed by atoms with van der Waals surface area (Å²) in [6.45, 7) is 0.677. The zero-order chi connectivity index (χ0) is 20.1. The number of carbonyl (C=O) groups excluding carboxylic acids is 1. The van der Waals surface area contributed by atoms with E-state index in [1.807, 2.05) is 42.5 Å². The van der Waals surface area contributed by atoms with Crippen molar-refractivity contribution < 1.29 is 24.2 Å². The molecule has 1 aliphatic rings. The smallest absolute Gasteiger partial charge is 0.308 e. The highest BCUT2D eigenvalue weighted by Gasteiger charge is 2.40. The molecule has 1 amide bonds. The molecule has 0 saturated carbocycles. The van der Waals surface area contributed by atoms with Gasteiger partial charge in [-0.05, 0) is 29.7 Å². The summed E-state index contributed by atoms with van der Waals surface area (Å²) in [6.07, 6.45) is 0.848. The highest BCUT2D eigenvalue weighted by atomic mass is 16.5. The monoisotopic (exact) mass is 383 g/mol. The van der Waals surface area contributed by atoms with Gasteiger partial charge >= 0.3 is 5.97 Å². The number of aryl methyl sites for hydroxylation is 1. The van der Waals surface area contributed by atoms with E-state index in [9.17, 15) is 14.7 Å². The Kier molecular flexibility index (Phi) is 6.19. The first kappa shape index (κ1) is 19.7. The molecule has 1 heterocycles. The number of methoxy groups -OCH3 is 2. The number of carboxylic acid groups (broad SMARTS) is 1. The first-order chi connectivity index (χ1) is 13.5. The van der Waals surface area contributed by atoms with Crippen molar-refractivity contribution in [3.8, 4) is 11.5 Å². The Morgan fingerprint density at radius 2 is 1.68 bits per heavy atom. The van der Waals surface area contributed by atoms with Crippen molar-refractivity contribution in [1.29, 1.82) is 0 Å². The highest BCUT2D eigenvalue weighted by molar-refractivity contribution is 5.80. The van der Waals surface area contributed by atoms with Gasteiger partial charge < -0.3 is 19.5 Å². The van der Waals surface area contributed by atoms with Gasteiger partial charge in [0.15, 0.2) is 0 Å². The molecular formula is C22H25NO5. The molecule has 0 bridgehead atoms. The van der Waals surface area contributed by atoms with Crippen molar-refractivity contribution in [3.05, 3.63) is 59.7 Å². The van der Waals surface area contributed by atoms with E-state index in [1.165, 1.54) is 0 Å². The number of carbonyl (C=O) groups is 2. The van der Waals surface area contributed by atoms with Crippen LogP contribution in [0.15, 0.2) is 48.5 Å². The minimum absolute atomic E-state index is 0.0357. The van der Waals surface area contributed by atoms with Gasteiger partial charge in [0.2, 0.25) is 5.91 Å². The molecule has 1 fully saturated rings. The third-order valence-corrected chi connectivity index (χ3v) is 5.26. The number of likely N-dealkylation sites (tertiary alicyclic amines) is 1. The molecule has 2 aromatic rings. The molecule has 0 radical (unpaired) electrons. The maximum absolute atomic E-state index is 12.7. The van der Waals surface area contributed by atoms with Gasteiger partial charge in [-0.3, -0.25) is 9.59 Å². The molecule has 6 nitrogen and oxygen atoms in total. The Morgan fingerprint density at radius 1 is 1.04 bits per heavy atom. The van der Waals surface area contributed by atoms with Crippen LogP contribution in [0.25, 0.3) is 0 Å². The number of amides is 1. The molecule has 0 aliphatic carbocycles. The van der Waals surface area contributed by atoms with E-state index < -0.39 is 11.9 Å². The SMILES string of the molecule is COc1cc(CCC(=O)N2CC(C(=O)O)C(c3ccccc3)C2)cc(OC)c1. The van der Waals surface area contributed by atoms with Crippen molar-refractivity contribution >= 4 is 11.9 Å². The van der Waals surface area contributed by atoms with Crippen LogP contribution in [0.3, 0.4) is 0 Å². The van der Waals surface area contributed by atoms with Gasteiger partial charge in [0.05, 0.1) is 20.1 Å². The van der Waals surface area contributed by atoms with Crippen LogP contribution < -0.4 is 9.47 Å². The Morgan fingerprint density at radius 3 is 2.25 bits per heavy atom. The number of benzene rings is 2. The van der Waals surface area contributed by atoms with Crippen LogP contribution in [-0.2, 0) is 16.0 Å². The predicted octanol–water partition coefficient (Wildman–Crippen LogP) is 2.96. The van der Waals surface area contributed by atoms with Gasteiger partial charge in [-0.1, -0.05) is 30.3 Å². The Bertz CT molecular complexity index is 814. The second-order valence-electron chi connectivity index (χ2n) is 6.98. The zero-order valence-corrected chi connectivity index (χ0v) is 16.1. The Balaban J connectivity index is 1.67. The van der Waals surface area contributed by atoms with Crippen molar-refractivity contribution in [3.63, 3.8) is 0 Å². The number of aliphatic carboxylic acids is 1. The number of nitrogens with zero attached hydrogens (tertiary/aromatic N) is 1. The molecule has 2 atom stereocenters. The van der Waals surface area contributed by atoms with Gasteiger partial charge in [0.1, 0.15) is 11.5 Å². The first-order valence-electron chi connectivity index (χ1n) is 9.29. The molecule has 6 heteroatoms. The third kappa shape index (κ3) is 4.44. The number of hydrogen-bond donors (Lipinski definition) is 1. The molecule has 2 aromatic carbocycles. The maximum atomic E-state index is 12.7. The number of carboxylic acids is 1. The molecular weight excluding hydrogens is 358 g/mol. The van der Waals surface area contributed by atoms with Gasteiger partial charge in [-0.25, -0.2) is 0 Å². The maximum Gasteiger partial charge on any atom is 0.308 e. The topological polar surface area (TPSA) is 76.1 Å². The minimum atomic E-state index is -0.860. The molecule has 1 aliphatic heterocycles. The quantitative estimate of drug-likeness (QED) is 0.796. The summed E-state index contributed by atoms with van der Waals surface area (Å²) in [5.41, 5.74) is 1.90. The van der Waals surface area contributed by atoms with Gasteiger partial charge in [-0.15, -0.1) is 0 Å². The number of rotatable bonds is 7. The zero-order valence-electron chi connectivity index (χ0n) is 16.1.